The summed E-state index contributed by atoms with van der Waals surface area (Å²) in [6.07, 6.45) is -3.32. The fourth-order valence-electron chi connectivity index (χ4n) is 2.20. The van der Waals surface area contributed by atoms with Gasteiger partial charge in [-0.1, -0.05) is 39.8 Å². The lowest BCUT2D eigenvalue weighted by Gasteiger charge is -2.15. The third-order valence-electron chi connectivity index (χ3n) is 2.98. The first kappa shape index (κ1) is 16.7. The van der Waals surface area contributed by atoms with E-state index in [0.29, 0.717) is 18.3 Å². The molecule has 1 nitrogen and oxygen atoms in total. The summed E-state index contributed by atoms with van der Waals surface area (Å²) in [4.78, 5) is 11.3. The lowest BCUT2D eigenvalue weighted by atomic mass is 9.90. The summed E-state index contributed by atoms with van der Waals surface area (Å²) in [5, 5.41) is 0. The minimum atomic E-state index is -4.81. The predicted octanol–water partition coefficient (Wildman–Crippen LogP) is 4.83. The molecule has 0 unspecified atom stereocenters. The van der Waals surface area contributed by atoms with Crippen LogP contribution < -0.4 is 0 Å². The van der Waals surface area contributed by atoms with E-state index in [0.717, 1.165) is 17.5 Å². The quantitative estimate of drug-likeness (QED) is 0.709. The number of hydrogen-bond donors (Lipinski definition) is 0. The Balaban J connectivity index is 3.16. The van der Waals surface area contributed by atoms with Crippen LogP contribution in [0.2, 0.25) is 0 Å². The zero-order chi connectivity index (χ0) is 15.5. The summed E-state index contributed by atoms with van der Waals surface area (Å²) in [6.45, 7) is 8.15. The number of carbonyl (C=O) groups excluding carboxylic acids is 1. The molecule has 1 aromatic carbocycles. The topological polar surface area (TPSA) is 17.1 Å². The highest BCUT2D eigenvalue weighted by molar-refractivity contribution is 6.00. The van der Waals surface area contributed by atoms with Crippen molar-refractivity contribution in [2.45, 2.75) is 46.7 Å². The van der Waals surface area contributed by atoms with Crippen LogP contribution in [0.3, 0.4) is 0 Å². The van der Waals surface area contributed by atoms with Crippen LogP contribution in [-0.2, 0) is 12.8 Å². The molecule has 0 saturated carbocycles. The lowest BCUT2D eigenvalue weighted by molar-refractivity contribution is -0.0885. The van der Waals surface area contributed by atoms with Gasteiger partial charge in [0, 0.05) is 5.56 Å². The molecule has 0 bridgehead atoms. The van der Waals surface area contributed by atoms with Crippen LogP contribution in [0.4, 0.5) is 13.2 Å². The van der Waals surface area contributed by atoms with E-state index in [1.165, 1.54) is 12.1 Å². The van der Waals surface area contributed by atoms with Crippen LogP contribution in [-0.4, -0.2) is 12.0 Å². The minimum Gasteiger partial charge on any atom is -0.284 e. The van der Waals surface area contributed by atoms with E-state index < -0.39 is 12.0 Å². The van der Waals surface area contributed by atoms with Crippen molar-refractivity contribution in [3.8, 4) is 0 Å². The Morgan fingerprint density at radius 2 is 1.50 bits per heavy atom. The zero-order valence-corrected chi connectivity index (χ0v) is 12.3. The summed E-state index contributed by atoms with van der Waals surface area (Å²) in [6, 6.07) is 4.36. The fraction of sp³-hybridized carbons (Fsp3) is 0.562. The molecule has 0 saturated heterocycles. The van der Waals surface area contributed by atoms with Crippen LogP contribution in [0.1, 0.15) is 49.2 Å². The van der Waals surface area contributed by atoms with Crippen molar-refractivity contribution in [2.24, 2.45) is 11.8 Å². The number of benzene rings is 1. The second-order valence-electron chi connectivity index (χ2n) is 6.01. The van der Waals surface area contributed by atoms with Gasteiger partial charge >= 0.3 is 6.18 Å². The maximum absolute atomic E-state index is 12.5. The van der Waals surface area contributed by atoms with Gasteiger partial charge in [-0.15, -0.1) is 0 Å². The average Bonchev–Trinajstić information content (AvgIpc) is 2.28. The van der Waals surface area contributed by atoms with Gasteiger partial charge in [0.25, 0.3) is 5.78 Å². The van der Waals surface area contributed by atoms with Gasteiger partial charge in [-0.2, -0.15) is 13.2 Å². The van der Waals surface area contributed by atoms with Crippen molar-refractivity contribution in [1.29, 1.82) is 0 Å². The molecule has 112 valence electrons. The van der Waals surface area contributed by atoms with E-state index in [-0.39, 0.29) is 5.56 Å². The van der Waals surface area contributed by atoms with E-state index in [9.17, 15) is 18.0 Å². The van der Waals surface area contributed by atoms with Crippen LogP contribution in [0.5, 0.6) is 0 Å². The molecule has 4 heteroatoms. The molecule has 0 aliphatic carbocycles. The van der Waals surface area contributed by atoms with Gasteiger partial charge in [-0.25, -0.2) is 0 Å². The molecule has 0 aliphatic rings. The van der Waals surface area contributed by atoms with E-state index in [1.807, 2.05) is 13.8 Å². The van der Waals surface area contributed by atoms with Crippen molar-refractivity contribution >= 4 is 5.78 Å². The van der Waals surface area contributed by atoms with Gasteiger partial charge < -0.3 is 0 Å². The highest BCUT2D eigenvalue weighted by Crippen LogP contribution is 2.25. The van der Waals surface area contributed by atoms with Crippen molar-refractivity contribution in [3.63, 3.8) is 0 Å². The fourth-order valence-corrected chi connectivity index (χ4v) is 2.20. The first-order valence-corrected chi connectivity index (χ1v) is 6.84. The molecular weight excluding hydrogens is 265 g/mol. The van der Waals surface area contributed by atoms with E-state index in [1.54, 1.807) is 6.07 Å². The van der Waals surface area contributed by atoms with Crippen LogP contribution in [0.25, 0.3) is 0 Å². The van der Waals surface area contributed by atoms with E-state index >= 15 is 0 Å². The number of rotatable bonds is 5. The summed E-state index contributed by atoms with van der Waals surface area (Å²) in [5.41, 5.74) is 1.62. The zero-order valence-electron chi connectivity index (χ0n) is 12.3. The van der Waals surface area contributed by atoms with Gasteiger partial charge in [0.05, 0.1) is 0 Å². The highest BCUT2D eigenvalue weighted by atomic mass is 19.4. The van der Waals surface area contributed by atoms with Gasteiger partial charge in [0.2, 0.25) is 0 Å². The molecule has 0 aromatic heterocycles. The summed E-state index contributed by atoms with van der Waals surface area (Å²) >= 11 is 0. The van der Waals surface area contributed by atoms with Gasteiger partial charge in [0.15, 0.2) is 0 Å². The molecule has 0 fully saturated rings. The second-order valence-corrected chi connectivity index (χ2v) is 6.01. The Labute approximate surface area is 118 Å². The molecule has 0 aliphatic heterocycles. The molecular formula is C16H21F3O. The van der Waals surface area contributed by atoms with Crippen molar-refractivity contribution in [3.05, 3.63) is 34.9 Å². The second kappa shape index (κ2) is 6.42. The Bertz CT molecular complexity index is 473. The molecule has 0 N–H and O–H groups in total. The normalized spacial score (nSPS) is 12.2. The molecule has 1 rings (SSSR count). The van der Waals surface area contributed by atoms with Crippen LogP contribution in [0.15, 0.2) is 18.2 Å². The standard InChI is InChI=1S/C16H21F3O/c1-10(2)7-12-5-6-13(15(20)16(17,18)19)9-14(12)8-11(3)4/h5-6,9-11H,7-8H2,1-4H3. The predicted molar refractivity (Wildman–Crippen MR) is 73.9 cm³/mol. The first-order chi connectivity index (χ1) is 9.11. The third kappa shape index (κ3) is 4.66. The Morgan fingerprint density at radius 3 is 1.95 bits per heavy atom. The maximum Gasteiger partial charge on any atom is 0.454 e. The molecule has 0 radical (unpaired) electrons. The summed E-state index contributed by atoms with van der Waals surface area (Å²) in [7, 11) is 0. The first-order valence-electron chi connectivity index (χ1n) is 6.84. The molecule has 0 amide bonds. The number of ketones is 1. The van der Waals surface area contributed by atoms with Crippen molar-refractivity contribution in [2.75, 3.05) is 0 Å². The molecule has 20 heavy (non-hydrogen) atoms. The number of hydrogen-bond acceptors (Lipinski definition) is 1. The summed E-state index contributed by atoms with van der Waals surface area (Å²) < 4.78 is 37.5. The number of Topliss-reactive ketones (excluding diaryl/α,β-unsaturated/α-hetero) is 1. The molecule has 0 heterocycles. The van der Waals surface area contributed by atoms with Crippen LogP contribution in [0, 0.1) is 11.8 Å². The molecule has 1 aromatic rings. The van der Waals surface area contributed by atoms with Crippen molar-refractivity contribution < 1.29 is 18.0 Å². The van der Waals surface area contributed by atoms with Gasteiger partial charge in [-0.3, -0.25) is 4.79 Å². The highest BCUT2D eigenvalue weighted by Gasteiger charge is 2.39. The number of carbonyl (C=O) groups is 1. The third-order valence-corrected chi connectivity index (χ3v) is 2.98. The number of alkyl halides is 3. The Hall–Kier alpha value is -1.32. The SMILES string of the molecule is CC(C)Cc1ccc(C(=O)C(F)(F)F)cc1CC(C)C. The lowest BCUT2D eigenvalue weighted by Crippen LogP contribution is -2.23. The average molecular weight is 286 g/mol. The van der Waals surface area contributed by atoms with Gasteiger partial charge in [-0.05, 0) is 41.9 Å². The summed E-state index contributed by atoms with van der Waals surface area (Å²) in [5.74, 6) is -1.01. The maximum atomic E-state index is 12.5. The Kier molecular flexibility index (Phi) is 5.37. The smallest absolute Gasteiger partial charge is 0.284 e. The van der Waals surface area contributed by atoms with Gasteiger partial charge in [0.1, 0.15) is 0 Å². The van der Waals surface area contributed by atoms with Crippen molar-refractivity contribution in [1.82, 2.24) is 0 Å². The molecule has 0 atom stereocenters. The van der Waals surface area contributed by atoms with Crippen LogP contribution >= 0.6 is 0 Å². The monoisotopic (exact) mass is 286 g/mol. The number of halogens is 3. The Morgan fingerprint density at radius 1 is 1.00 bits per heavy atom. The largest absolute Gasteiger partial charge is 0.454 e. The van der Waals surface area contributed by atoms with E-state index in [4.69, 9.17) is 0 Å². The molecule has 0 spiro atoms. The van der Waals surface area contributed by atoms with E-state index in [2.05, 4.69) is 13.8 Å². The minimum absolute atomic E-state index is 0.263.